The third-order valence-corrected chi connectivity index (χ3v) is 5.39. The Kier molecular flexibility index (Phi) is 3.76. The van der Waals surface area contributed by atoms with Gasteiger partial charge in [0.2, 0.25) is 0 Å². The molecule has 0 saturated heterocycles. The second-order valence-electron chi connectivity index (χ2n) is 5.11. The van der Waals surface area contributed by atoms with Gasteiger partial charge in [-0.2, -0.15) is 4.98 Å². The first-order chi connectivity index (χ1) is 11.7. The minimum atomic E-state index is -0.409. The predicted octanol–water partition coefficient (Wildman–Crippen LogP) is 4.74. The molecule has 0 bridgehead atoms. The van der Waals surface area contributed by atoms with Crippen molar-refractivity contribution < 1.29 is 4.42 Å². The highest BCUT2D eigenvalue weighted by Crippen LogP contribution is 2.38. The van der Waals surface area contributed by atoms with Crippen LogP contribution in [0.5, 0.6) is 0 Å². The average molecular weight is 352 g/mol. The van der Waals surface area contributed by atoms with E-state index in [1.54, 1.807) is 22.7 Å². The van der Waals surface area contributed by atoms with E-state index in [1.165, 1.54) is 10.9 Å². The van der Waals surface area contributed by atoms with E-state index < -0.39 is 5.56 Å². The van der Waals surface area contributed by atoms with Gasteiger partial charge < -0.3 is 10.2 Å². The summed E-state index contributed by atoms with van der Waals surface area (Å²) in [6, 6.07) is 15.5. The van der Waals surface area contributed by atoms with E-state index in [9.17, 15) is 4.79 Å². The molecule has 0 radical (unpaired) electrons. The van der Waals surface area contributed by atoms with Gasteiger partial charge in [0.25, 0.3) is 11.6 Å². The van der Waals surface area contributed by atoms with E-state index in [0.29, 0.717) is 5.76 Å². The number of hydrogen-bond donors (Lipinski definition) is 1. The second kappa shape index (κ2) is 6.07. The molecule has 1 aromatic carbocycles. The average Bonchev–Trinajstić information content (AvgIpc) is 3.27. The number of nitrogens with zero attached hydrogens (tertiary/aromatic N) is 1. The van der Waals surface area contributed by atoms with E-state index in [0.717, 1.165) is 21.6 Å². The third kappa shape index (κ3) is 2.77. The smallest absolute Gasteiger partial charge is 0.295 e. The topological polar surface area (TPSA) is 69.1 Å². The summed E-state index contributed by atoms with van der Waals surface area (Å²) >= 11 is 3.32. The van der Waals surface area contributed by atoms with Crippen LogP contribution in [0.1, 0.15) is 0 Å². The molecule has 24 heavy (non-hydrogen) atoms. The highest BCUT2D eigenvalue weighted by Gasteiger charge is 2.14. The maximum Gasteiger partial charge on any atom is 0.295 e. The van der Waals surface area contributed by atoms with Crippen LogP contribution in [-0.4, -0.2) is 4.98 Å². The molecule has 4 rings (SSSR count). The zero-order valence-corrected chi connectivity index (χ0v) is 14.1. The normalized spacial score (nSPS) is 10.8. The maximum absolute atomic E-state index is 11.7. The van der Waals surface area contributed by atoms with Crippen molar-refractivity contribution in [1.29, 1.82) is 0 Å². The first-order valence-corrected chi connectivity index (χ1v) is 8.96. The fourth-order valence-corrected chi connectivity index (χ4v) is 4.02. The van der Waals surface area contributed by atoms with Gasteiger partial charge in [-0.3, -0.25) is 4.79 Å². The Morgan fingerprint density at radius 1 is 0.917 bits per heavy atom. The van der Waals surface area contributed by atoms with Gasteiger partial charge in [-0.25, -0.2) is 0 Å². The number of benzene rings is 1. The molecular weight excluding hydrogens is 340 g/mol. The molecule has 2 N–H and O–H groups in total. The van der Waals surface area contributed by atoms with Crippen LogP contribution in [0.2, 0.25) is 0 Å². The summed E-state index contributed by atoms with van der Waals surface area (Å²) in [5.41, 5.74) is 8.14. The van der Waals surface area contributed by atoms with Crippen molar-refractivity contribution in [2.45, 2.75) is 0 Å². The number of nitrogen functional groups attached to an aromatic ring is 1. The molecule has 0 unspecified atom stereocenters. The molecule has 0 aliphatic rings. The molecule has 4 nitrogen and oxygen atoms in total. The number of anilines is 1. The van der Waals surface area contributed by atoms with Gasteiger partial charge in [0.15, 0.2) is 0 Å². The van der Waals surface area contributed by atoms with Crippen molar-refractivity contribution in [2.75, 3.05) is 5.73 Å². The van der Waals surface area contributed by atoms with Crippen LogP contribution in [0.15, 0.2) is 68.5 Å². The second-order valence-corrected chi connectivity index (χ2v) is 7.01. The standard InChI is InChI=1S/C18H12N2O2S2/c19-18-20-17(21)10-14(22-18)12-6-5-11(15-3-1-7-23-15)9-13(12)16-4-2-8-24-16/h1-10H,(H2,19,20,21). The zero-order valence-electron chi connectivity index (χ0n) is 12.4. The van der Waals surface area contributed by atoms with Gasteiger partial charge in [-0.15, -0.1) is 22.7 Å². The van der Waals surface area contributed by atoms with Crippen LogP contribution < -0.4 is 11.3 Å². The Labute approximate surface area is 145 Å². The molecular formula is C18H12N2O2S2. The molecule has 0 fully saturated rings. The van der Waals surface area contributed by atoms with Crippen LogP contribution in [-0.2, 0) is 0 Å². The monoisotopic (exact) mass is 352 g/mol. The number of thiophene rings is 2. The van der Waals surface area contributed by atoms with Crippen molar-refractivity contribution in [3.05, 3.63) is 69.6 Å². The van der Waals surface area contributed by atoms with Crippen LogP contribution in [0.4, 0.5) is 6.01 Å². The Hall–Kier alpha value is -2.70. The molecule has 3 aromatic heterocycles. The van der Waals surface area contributed by atoms with Crippen LogP contribution in [0.3, 0.4) is 0 Å². The fraction of sp³-hybridized carbons (Fsp3) is 0. The number of rotatable bonds is 3. The van der Waals surface area contributed by atoms with E-state index in [2.05, 4.69) is 22.5 Å². The molecule has 0 aliphatic heterocycles. The molecule has 118 valence electrons. The molecule has 0 spiro atoms. The summed E-state index contributed by atoms with van der Waals surface area (Å²) in [7, 11) is 0. The lowest BCUT2D eigenvalue weighted by molar-refractivity contribution is 0.564. The van der Waals surface area contributed by atoms with Crippen molar-refractivity contribution >= 4 is 28.7 Å². The Morgan fingerprint density at radius 2 is 1.67 bits per heavy atom. The third-order valence-electron chi connectivity index (χ3n) is 3.57. The Morgan fingerprint density at radius 3 is 2.33 bits per heavy atom. The molecule has 4 aromatic rings. The first kappa shape index (κ1) is 14.9. The minimum absolute atomic E-state index is 0.128. The number of aromatic nitrogens is 1. The highest BCUT2D eigenvalue weighted by molar-refractivity contribution is 7.14. The highest BCUT2D eigenvalue weighted by atomic mass is 32.1. The van der Waals surface area contributed by atoms with Crippen LogP contribution >= 0.6 is 22.7 Å². The molecule has 3 heterocycles. The summed E-state index contributed by atoms with van der Waals surface area (Å²) in [4.78, 5) is 17.5. The Bertz CT molecular complexity index is 1040. The van der Waals surface area contributed by atoms with Gasteiger partial charge in [0.1, 0.15) is 5.76 Å². The largest absolute Gasteiger partial charge is 0.425 e. The van der Waals surface area contributed by atoms with Gasteiger partial charge in [0.05, 0.1) is 0 Å². The summed E-state index contributed by atoms with van der Waals surface area (Å²) in [6.45, 7) is 0. The van der Waals surface area contributed by atoms with E-state index in [1.807, 2.05) is 35.7 Å². The molecule has 6 heteroatoms. The summed E-state index contributed by atoms with van der Waals surface area (Å²) in [5, 5.41) is 4.07. The van der Waals surface area contributed by atoms with Gasteiger partial charge >= 0.3 is 0 Å². The van der Waals surface area contributed by atoms with Gasteiger partial charge in [-0.1, -0.05) is 18.2 Å². The van der Waals surface area contributed by atoms with E-state index in [4.69, 9.17) is 10.2 Å². The van der Waals surface area contributed by atoms with Crippen LogP contribution in [0, 0.1) is 0 Å². The summed E-state index contributed by atoms with van der Waals surface area (Å²) in [5.74, 6) is 0.425. The van der Waals surface area contributed by atoms with Crippen molar-refractivity contribution in [1.82, 2.24) is 4.98 Å². The molecule has 0 atom stereocenters. The zero-order chi connectivity index (χ0) is 16.5. The fourth-order valence-electron chi connectivity index (χ4n) is 2.54. The van der Waals surface area contributed by atoms with Crippen molar-refractivity contribution in [3.8, 4) is 32.2 Å². The first-order valence-electron chi connectivity index (χ1n) is 7.20. The molecule has 0 amide bonds. The minimum Gasteiger partial charge on any atom is -0.425 e. The van der Waals surface area contributed by atoms with Crippen molar-refractivity contribution in [3.63, 3.8) is 0 Å². The molecule has 0 saturated carbocycles. The van der Waals surface area contributed by atoms with Gasteiger partial charge in [0, 0.05) is 26.9 Å². The van der Waals surface area contributed by atoms with Crippen LogP contribution in [0.25, 0.3) is 32.2 Å². The van der Waals surface area contributed by atoms with Gasteiger partial charge in [-0.05, 0) is 40.6 Å². The van der Waals surface area contributed by atoms with Crippen molar-refractivity contribution in [2.24, 2.45) is 0 Å². The summed E-state index contributed by atoms with van der Waals surface area (Å²) in [6.07, 6.45) is 0. The maximum atomic E-state index is 11.7. The predicted molar refractivity (Wildman–Crippen MR) is 99.2 cm³/mol. The summed E-state index contributed by atoms with van der Waals surface area (Å²) < 4.78 is 5.49. The van der Waals surface area contributed by atoms with E-state index in [-0.39, 0.29) is 6.01 Å². The van der Waals surface area contributed by atoms with E-state index >= 15 is 0 Å². The SMILES string of the molecule is Nc1nc(=O)cc(-c2ccc(-c3cccs3)cc2-c2cccs2)o1. The lowest BCUT2D eigenvalue weighted by Crippen LogP contribution is -2.07. The number of nitrogens with two attached hydrogens (primary N) is 1. The Balaban J connectivity index is 1.95. The lowest BCUT2D eigenvalue weighted by Gasteiger charge is -2.10. The quantitative estimate of drug-likeness (QED) is 0.578. The lowest BCUT2D eigenvalue weighted by atomic mass is 10.00. The molecule has 0 aliphatic carbocycles. The number of hydrogen-bond acceptors (Lipinski definition) is 6.